The number of anilines is 2. The van der Waals surface area contributed by atoms with Crippen LogP contribution in [0.25, 0.3) is 0 Å². The van der Waals surface area contributed by atoms with Crippen molar-refractivity contribution in [3.05, 3.63) is 48.2 Å². The number of hydrogen-bond acceptors (Lipinski definition) is 5. The first-order valence-corrected chi connectivity index (χ1v) is 9.60. The summed E-state index contributed by atoms with van der Waals surface area (Å²) in [7, 11) is 1.98. The first-order valence-electron chi connectivity index (χ1n) is 9.60. The second kappa shape index (κ2) is 9.37. The third kappa shape index (κ3) is 4.98. The Labute approximate surface area is 160 Å². The van der Waals surface area contributed by atoms with Crippen LogP contribution in [0.5, 0.6) is 5.75 Å². The smallest absolute Gasteiger partial charge is 0.257 e. The van der Waals surface area contributed by atoms with Crippen molar-refractivity contribution in [1.82, 2.24) is 15.2 Å². The lowest BCUT2D eigenvalue weighted by molar-refractivity contribution is 0.0691. The van der Waals surface area contributed by atoms with Crippen LogP contribution in [-0.2, 0) is 0 Å². The number of carbonyl (C=O) groups excluding carboxylic acids is 1. The molecule has 0 aliphatic carbocycles. The largest absolute Gasteiger partial charge is 0.494 e. The standard InChI is InChI=1S/C21H28N4O2/c1-3-27-18-8-6-17(7-9-18)24-20-19(5-4-12-23-20)21(26)25-13-10-16(11-14-25)15-22-2/h4-9,12,16,22H,3,10-11,13-15H2,1-2H3,(H,23,24). The van der Waals surface area contributed by atoms with Crippen LogP contribution in [0, 0.1) is 5.92 Å². The van der Waals surface area contributed by atoms with E-state index in [0.717, 1.165) is 43.9 Å². The maximum atomic E-state index is 13.0. The Balaban J connectivity index is 1.69. The van der Waals surface area contributed by atoms with E-state index in [1.54, 1.807) is 6.20 Å². The molecular weight excluding hydrogens is 340 g/mol. The molecule has 1 aliphatic rings. The SMILES string of the molecule is CCOc1ccc(Nc2ncccc2C(=O)N2CCC(CNC)CC2)cc1. The lowest BCUT2D eigenvalue weighted by atomic mass is 9.96. The summed E-state index contributed by atoms with van der Waals surface area (Å²) in [5.74, 6) is 2.10. The van der Waals surface area contributed by atoms with Crippen molar-refractivity contribution in [3.63, 3.8) is 0 Å². The highest BCUT2D eigenvalue weighted by Crippen LogP contribution is 2.24. The van der Waals surface area contributed by atoms with Gasteiger partial charge in [-0.05, 0) is 75.7 Å². The molecule has 3 rings (SSSR count). The van der Waals surface area contributed by atoms with E-state index >= 15 is 0 Å². The number of hydrogen-bond donors (Lipinski definition) is 2. The number of aromatic nitrogens is 1. The summed E-state index contributed by atoms with van der Waals surface area (Å²) in [6.07, 6.45) is 3.77. The minimum absolute atomic E-state index is 0.0412. The average molecular weight is 368 g/mol. The van der Waals surface area contributed by atoms with Gasteiger partial charge in [0.2, 0.25) is 0 Å². The zero-order chi connectivity index (χ0) is 19.1. The van der Waals surface area contributed by atoms with Gasteiger partial charge in [-0.1, -0.05) is 0 Å². The summed E-state index contributed by atoms with van der Waals surface area (Å²) in [5.41, 5.74) is 1.48. The van der Waals surface area contributed by atoms with Crippen molar-refractivity contribution >= 4 is 17.4 Å². The Morgan fingerprint density at radius 1 is 1.22 bits per heavy atom. The summed E-state index contributed by atoms with van der Waals surface area (Å²) in [6, 6.07) is 11.3. The number of rotatable bonds is 7. The van der Waals surface area contributed by atoms with Gasteiger partial charge < -0.3 is 20.3 Å². The van der Waals surface area contributed by atoms with Crippen molar-refractivity contribution in [2.75, 3.05) is 38.6 Å². The van der Waals surface area contributed by atoms with Gasteiger partial charge in [0, 0.05) is 25.0 Å². The normalized spacial score (nSPS) is 14.8. The van der Waals surface area contributed by atoms with Crippen LogP contribution in [0.4, 0.5) is 11.5 Å². The van der Waals surface area contributed by atoms with Gasteiger partial charge in [-0.15, -0.1) is 0 Å². The molecule has 6 nitrogen and oxygen atoms in total. The number of benzene rings is 1. The highest BCUT2D eigenvalue weighted by atomic mass is 16.5. The van der Waals surface area contributed by atoms with E-state index in [-0.39, 0.29) is 5.91 Å². The van der Waals surface area contributed by atoms with Gasteiger partial charge in [0.25, 0.3) is 5.91 Å². The molecular formula is C21H28N4O2. The van der Waals surface area contributed by atoms with Crippen molar-refractivity contribution in [1.29, 1.82) is 0 Å². The van der Waals surface area contributed by atoms with Crippen molar-refractivity contribution < 1.29 is 9.53 Å². The molecule has 1 aromatic carbocycles. The monoisotopic (exact) mass is 368 g/mol. The van der Waals surface area contributed by atoms with Crippen LogP contribution in [0.3, 0.4) is 0 Å². The van der Waals surface area contributed by atoms with Gasteiger partial charge in [0.05, 0.1) is 12.2 Å². The summed E-state index contributed by atoms with van der Waals surface area (Å²) in [5, 5.41) is 6.50. The third-order valence-electron chi connectivity index (χ3n) is 4.86. The molecule has 27 heavy (non-hydrogen) atoms. The zero-order valence-corrected chi connectivity index (χ0v) is 16.1. The quantitative estimate of drug-likeness (QED) is 0.785. The summed E-state index contributed by atoms with van der Waals surface area (Å²) >= 11 is 0. The van der Waals surface area contributed by atoms with Gasteiger partial charge >= 0.3 is 0 Å². The Hall–Kier alpha value is -2.60. The predicted octanol–water partition coefficient (Wildman–Crippen LogP) is 3.30. The summed E-state index contributed by atoms with van der Waals surface area (Å²) in [6.45, 7) is 5.20. The van der Waals surface area contributed by atoms with E-state index < -0.39 is 0 Å². The van der Waals surface area contributed by atoms with Crippen molar-refractivity contribution in [2.24, 2.45) is 5.92 Å². The Morgan fingerprint density at radius 2 is 1.96 bits per heavy atom. The Bertz CT molecular complexity index is 740. The number of carbonyl (C=O) groups is 1. The van der Waals surface area contributed by atoms with Gasteiger partial charge in [-0.3, -0.25) is 4.79 Å². The first-order chi connectivity index (χ1) is 13.2. The van der Waals surface area contributed by atoms with Crippen molar-refractivity contribution in [3.8, 4) is 5.75 Å². The molecule has 1 fully saturated rings. The van der Waals surface area contributed by atoms with E-state index in [0.29, 0.717) is 23.9 Å². The van der Waals surface area contributed by atoms with E-state index in [4.69, 9.17) is 4.74 Å². The number of ether oxygens (including phenoxy) is 1. The Morgan fingerprint density at radius 3 is 2.63 bits per heavy atom. The molecule has 0 atom stereocenters. The molecule has 0 spiro atoms. The molecule has 2 N–H and O–H groups in total. The van der Waals surface area contributed by atoms with Crippen molar-refractivity contribution in [2.45, 2.75) is 19.8 Å². The van der Waals surface area contributed by atoms with Crippen LogP contribution >= 0.6 is 0 Å². The van der Waals surface area contributed by atoms with E-state index in [2.05, 4.69) is 15.6 Å². The molecule has 0 unspecified atom stereocenters. The lowest BCUT2D eigenvalue weighted by Gasteiger charge is -2.32. The zero-order valence-electron chi connectivity index (χ0n) is 16.1. The molecule has 0 radical (unpaired) electrons. The molecule has 2 heterocycles. The summed E-state index contributed by atoms with van der Waals surface area (Å²) in [4.78, 5) is 19.4. The minimum Gasteiger partial charge on any atom is -0.494 e. The molecule has 1 amide bonds. The molecule has 144 valence electrons. The van der Waals surface area contributed by atoms with Crippen LogP contribution in [-0.4, -0.2) is 49.1 Å². The van der Waals surface area contributed by atoms with Gasteiger partial charge in [0.15, 0.2) is 0 Å². The molecule has 6 heteroatoms. The average Bonchev–Trinajstić information content (AvgIpc) is 2.70. The lowest BCUT2D eigenvalue weighted by Crippen LogP contribution is -2.40. The fourth-order valence-corrected chi connectivity index (χ4v) is 3.41. The van der Waals surface area contributed by atoms with E-state index in [1.807, 2.05) is 55.3 Å². The third-order valence-corrected chi connectivity index (χ3v) is 4.86. The number of nitrogens with one attached hydrogen (secondary N) is 2. The number of pyridine rings is 1. The van der Waals surface area contributed by atoms with Crippen LogP contribution in [0.2, 0.25) is 0 Å². The topological polar surface area (TPSA) is 66.5 Å². The molecule has 0 saturated carbocycles. The maximum absolute atomic E-state index is 13.0. The molecule has 1 saturated heterocycles. The fourth-order valence-electron chi connectivity index (χ4n) is 3.41. The maximum Gasteiger partial charge on any atom is 0.257 e. The van der Waals surface area contributed by atoms with Crippen LogP contribution < -0.4 is 15.4 Å². The van der Waals surface area contributed by atoms with Crippen LogP contribution in [0.1, 0.15) is 30.1 Å². The second-order valence-corrected chi connectivity index (χ2v) is 6.78. The number of amides is 1. The Kier molecular flexibility index (Phi) is 6.65. The molecule has 2 aromatic rings. The first kappa shape index (κ1) is 19.2. The molecule has 1 aromatic heterocycles. The highest BCUT2D eigenvalue weighted by Gasteiger charge is 2.25. The van der Waals surface area contributed by atoms with Gasteiger partial charge in [-0.25, -0.2) is 4.98 Å². The molecule has 1 aliphatic heterocycles. The number of nitrogens with zero attached hydrogens (tertiary/aromatic N) is 2. The van der Waals surface area contributed by atoms with Crippen LogP contribution in [0.15, 0.2) is 42.6 Å². The highest BCUT2D eigenvalue weighted by molar-refractivity contribution is 5.99. The fraction of sp³-hybridized carbons (Fsp3) is 0.429. The van der Waals surface area contributed by atoms with Gasteiger partial charge in [0.1, 0.15) is 11.6 Å². The predicted molar refractivity (Wildman–Crippen MR) is 108 cm³/mol. The molecule has 0 bridgehead atoms. The summed E-state index contributed by atoms with van der Waals surface area (Å²) < 4.78 is 5.47. The van der Waals surface area contributed by atoms with E-state index in [1.165, 1.54) is 0 Å². The second-order valence-electron chi connectivity index (χ2n) is 6.78. The minimum atomic E-state index is 0.0412. The number of piperidine rings is 1. The van der Waals surface area contributed by atoms with Gasteiger partial charge in [-0.2, -0.15) is 0 Å². The number of likely N-dealkylation sites (tertiary alicyclic amines) is 1. The van der Waals surface area contributed by atoms with E-state index in [9.17, 15) is 4.79 Å².